The monoisotopic (exact) mass is 452 g/mol. The first-order valence-electron chi connectivity index (χ1n) is 9.86. The molecule has 3 rings (SSSR count). The number of ether oxygens (including phenoxy) is 1. The number of pyridine rings is 1. The van der Waals surface area contributed by atoms with Crippen LogP contribution in [0.4, 0.5) is 13.2 Å². The Morgan fingerprint density at radius 3 is 2.72 bits per heavy atom. The van der Waals surface area contributed by atoms with Crippen LogP contribution in [0.25, 0.3) is 11.0 Å². The minimum atomic E-state index is -4.53. The fourth-order valence-corrected chi connectivity index (χ4v) is 3.27. The zero-order chi connectivity index (χ0) is 23.3. The van der Waals surface area contributed by atoms with Crippen molar-refractivity contribution in [2.45, 2.75) is 38.0 Å². The van der Waals surface area contributed by atoms with Gasteiger partial charge >= 0.3 is 6.18 Å². The molecule has 0 aromatic carbocycles. The number of aromatic amines is 1. The number of aromatic nitrogens is 4. The van der Waals surface area contributed by atoms with Gasteiger partial charge in [0.05, 0.1) is 25.9 Å². The summed E-state index contributed by atoms with van der Waals surface area (Å²) in [4.78, 5) is 35.9. The highest BCUT2D eigenvalue weighted by molar-refractivity contribution is 5.97. The molecule has 2 unspecified atom stereocenters. The van der Waals surface area contributed by atoms with E-state index in [-0.39, 0.29) is 5.69 Å². The molecule has 0 aliphatic rings. The number of H-pyrrole nitrogens is 1. The van der Waals surface area contributed by atoms with E-state index in [2.05, 4.69) is 25.6 Å². The van der Waals surface area contributed by atoms with Crippen molar-refractivity contribution in [1.82, 2.24) is 30.2 Å². The van der Waals surface area contributed by atoms with Crippen LogP contribution >= 0.6 is 0 Å². The van der Waals surface area contributed by atoms with E-state index in [1.807, 2.05) is 0 Å². The smallest absolute Gasteiger partial charge is 0.391 e. The maximum atomic E-state index is 13.1. The molecule has 0 fully saturated rings. The Kier molecular flexibility index (Phi) is 7.01. The molecule has 0 saturated heterocycles. The molecule has 32 heavy (non-hydrogen) atoms. The molecule has 3 aromatic heterocycles. The van der Waals surface area contributed by atoms with Gasteiger partial charge in [0.15, 0.2) is 0 Å². The molecule has 0 bridgehead atoms. The maximum Gasteiger partial charge on any atom is 0.391 e. The zero-order valence-electron chi connectivity index (χ0n) is 17.4. The van der Waals surface area contributed by atoms with Crippen molar-refractivity contribution in [2.24, 2.45) is 0 Å². The second-order valence-corrected chi connectivity index (χ2v) is 7.14. The molecule has 0 aliphatic carbocycles. The summed E-state index contributed by atoms with van der Waals surface area (Å²) < 4.78 is 45.7. The van der Waals surface area contributed by atoms with Crippen molar-refractivity contribution >= 4 is 22.8 Å². The van der Waals surface area contributed by atoms with Crippen molar-refractivity contribution in [3.05, 3.63) is 42.6 Å². The van der Waals surface area contributed by atoms with Crippen molar-refractivity contribution in [3.63, 3.8) is 0 Å². The lowest BCUT2D eigenvalue weighted by Crippen LogP contribution is -2.48. The summed E-state index contributed by atoms with van der Waals surface area (Å²) in [6.07, 6.45) is -0.987. The third kappa shape index (κ3) is 5.77. The van der Waals surface area contributed by atoms with Gasteiger partial charge in [-0.25, -0.2) is 4.98 Å². The molecule has 9 nitrogen and oxygen atoms in total. The quantitative estimate of drug-likeness (QED) is 0.462. The van der Waals surface area contributed by atoms with Gasteiger partial charge in [0.1, 0.15) is 17.4 Å². The van der Waals surface area contributed by atoms with Gasteiger partial charge in [-0.05, 0) is 18.6 Å². The predicted octanol–water partition coefficient (Wildman–Crippen LogP) is 2.59. The second kappa shape index (κ2) is 9.71. The summed E-state index contributed by atoms with van der Waals surface area (Å²) in [7, 11) is 1.45. The predicted molar refractivity (Wildman–Crippen MR) is 109 cm³/mol. The first-order chi connectivity index (χ1) is 15.2. The van der Waals surface area contributed by atoms with Gasteiger partial charge in [0, 0.05) is 30.4 Å². The molecule has 12 heteroatoms. The zero-order valence-corrected chi connectivity index (χ0v) is 17.4. The van der Waals surface area contributed by atoms with Crippen molar-refractivity contribution in [2.75, 3.05) is 13.7 Å². The highest BCUT2D eigenvalue weighted by Crippen LogP contribution is 2.22. The largest absolute Gasteiger partial charge is 0.481 e. The van der Waals surface area contributed by atoms with Crippen LogP contribution in [-0.2, 0) is 4.79 Å². The van der Waals surface area contributed by atoms with Crippen molar-refractivity contribution < 1.29 is 27.5 Å². The lowest BCUT2D eigenvalue weighted by molar-refractivity contribution is -0.142. The summed E-state index contributed by atoms with van der Waals surface area (Å²) in [5.74, 6) is -0.858. The number of halogens is 3. The van der Waals surface area contributed by atoms with Crippen LogP contribution in [0.3, 0.4) is 0 Å². The summed E-state index contributed by atoms with van der Waals surface area (Å²) in [6.45, 7) is 1.33. The molecular formula is C20H23F3N6O3. The molecule has 0 spiro atoms. The van der Waals surface area contributed by atoms with E-state index in [1.54, 1.807) is 25.3 Å². The number of carbonyl (C=O) groups excluding carboxylic acids is 2. The number of imidazole rings is 1. The molecule has 2 atom stereocenters. The van der Waals surface area contributed by atoms with Crippen LogP contribution < -0.4 is 15.4 Å². The minimum absolute atomic E-state index is 0.127. The summed E-state index contributed by atoms with van der Waals surface area (Å²) in [5, 5.41) is 5.49. The van der Waals surface area contributed by atoms with Crippen LogP contribution in [0.1, 0.15) is 36.3 Å². The number of carbonyl (C=O) groups is 2. The van der Waals surface area contributed by atoms with Crippen LogP contribution in [0.5, 0.6) is 5.88 Å². The molecule has 0 radical (unpaired) electrons. The fourth-order valence-electron chi connectivity index (χ4n) is 3.27. The number of fused-ring (bicyclic) bond motifs is 1. The SMILES string of the molecule is CCC(C(=O)NC(CNC(=O)c1cc2ccc(OC)nc2[nH]1)CC(F)(F)F)n1ccnc1. The molecule has 2 amide bonds. The Bertz CT molecular complexity index is 1060. The first-order valence-corrected chi connectivity index (χ1v) is 9.86. The van der Waals surface area contributed by atoms with E-state index in [0.717, 1.165) is 0 Å². The van der Waals surface area contributed by atoms with E-state index >= 15 is 0 Å². The number of nitrogens with zero attached hydrogens (tertiary/aromatic N) is 3. The topological polar surface area (TPSA) is 114 Å². The molecule has 172 valence electrons. The average Bonchev–Trinajstić information content (AvgIpc) is 3.40. The van der Waals surface area contributed by atoms with Gasteiger partial charge in [-0.2, -0.15) is 18.2 Å². The van der Waals surface area contributed by atoms with Gasteiger partial charge in [-0.3, -0.25) is 9.59 Å². The van der Waals surface area contributed by atoms with Gasteiger partial charge in [0.25, 0.3) is 5.91 Å². The number of hydrogen-bond donors (Lipinski definition) is 3. The maximum absolute atomic E-state index is 13.1. The number of rotatable bonds is 9. The number of hydrogen-bond acceptors (Lipinski definition) is 5. The molecule has 3 N–H and O–H groups in total. The van der Waals surface area contributed by atoms with Gasteiger partial charge in [-0.15, -0.1) is 0 Å². The van der Waals surface area contributed by atoms with Crippen molar-refractivity contribution in [1.29, 1.82) is 0 Å². The molecule has 3 heterocycles. The van der Waals surface area contributed by atoms with Gasteiger partial charge in [-0.1, -0.05) is 6.92 Å². The average molecular weight is 452 g/mol. The van der Waals surface area contributed by atoms with Crippen LogP contribution in [0.2, 0.25) is 0 Å². The number of alkyl halides is 3. The summed E-state index contributed by atoms with van der Waals surface area (Å²) in [5.41, 5.74) is 0.531. The van der Waals surface area contributed by atoms with E-state index in [1.165, 1.54) is 30.3 Å². The van der Waals surface area contributed by atoms with E-state index in [0.29, 0.717) is 23.3 Å². The highest BCUT2D eigenvalue weighted by atomic mass is 19.4. The number of amides is 2. The van der Waals surface area contributed by atoms with E-state index in [9.17, 15) is 22.8 Å². The number of methoxy groups -OCH3 is 1. The minimum Gasteiger partial charge on any atom is -0.481 e. The van der Waals surface area contributed by atoms with Crippen LogP contribution in [0.15, 0.2) is 36.9 Å². The van der Waals surface area contributed by atoms with E-state index in [4.69, 9.17) is 4.74 Å². The molecule has 0 aliphatic heterocycles. The molecule has 0 saturated carbocycles. The fraction of sp³-hybridized carbons (Fsp3) is 0.400. The lowest BCUT2D eigenvalue weighted by Gasteiger charge is -2.24. The number of nitrogens with one attached hydrogen (secondary N) is 3. The van der Waals surface area contributed by atoms with E-state index < -0.39 is 43.0 Å². The van der Waals surface area contributed by atoms with Crippen LogP contribution in [0, 0.1) is 0 Å². The Labute approximate surface area is 181 Å². The Hall–Kier alpha value is -3.57. The van der Waals surface area contributed by atoms with Crippen molar-refractivity contribution in [3.8, 4) is 5.88 Å². The molecule has 3 aromatic rings. The van der Waals surface area contributed by atoms with Gasteiger partial charge < -0.3 is 24.9 Å². The Morgan fingerprint density at radius 1 is 1.31 bits per heavy atom. The summed E-state index contributed by atoms with van der Waals surface area (Å²) >= 11 is 0. The first kappa shape index (κ1) is 23.1. The Morgan fingerprint density at radius 2 is 2.09 bits per heavy atom. The standard InChI is InChI=1S/C20H23F3N6O3/c1-3-15(29-7-6-24-11-29)19(31)26-13(9-20(21,22)23)10-25-18(30)14-8-12-4-5-16(32-2)28-17(12)27-14/h4-8,11,13,15H,3,9-10H2,1-2H3,(H,25,30)(H,26,31)(H,27,28). The normalized spacial score (nSPS) is 13.5. The van der Waals surface area contributed by atoms with Gasteiger partial charge in [0.2, 0.25) is 11.8 Å². The third-order valence-electron chi connectivity index (χ3n) is 4.81. The Balaban J connectivity index is 1.68. The summed E-state index contributed by atoms with van der Waals surface area (Å²) in [6, 6.07) is 2.80. The van der Waals surface area contributed by atoms with Crippen LogP contribution in [-0.4, -0.2) is 57.2 Å². The lowest BCUT2D eigenvalue weighted by atomic mass is 10.1. The molecular weight excluding hydrogens is 429 g/mol. The third-order valence-corrected chi connectivity index (χ3v) is 4.81. The highest BCUT2D eigenvalue weighted by Gasteiger charge is 2.34. The second-order valence-electron chi connectivity index (χ2n) is 7.14.